The summed E-state index contributed by atoms with van der Waals surface area (Å²) < 4.78 is 63.7. The molecule has 0 aromatic heterocycles. The average Bonchev–Trinajstić information content (AvgIpc) is 2.48. The standard InChI is InChI=1S/C14H11F3N2O4S/c15-14(16,17)23-11-5-7-12(8-6-11)24(21,22)19-18-9-10-3-1-2-4-13(10)20/h1-9,19-20H/b18-9+. The number of alkyl halides is 3. The highest BCUT2D eigenvalue weighted by Gasteiger charge is 2.31. The number of phenolic OH excluding ortho intramolecular Hbond substituents is 1. The molecule has 2 aromatic rings. The summed E-state index contributed by atoms with van der Waals surface area (Å²) in [6.45, 7) is 0. The van der Waals surface area contributed by atoms with Crippen molar-refractivity contribution in [3.63, 3.8) is 0 Å². The molecule has 0 fully saturated rings. The van der Waals surface area contributed by atoms with Crippen LogP contribution < -0.4 is 9.57 Å². The van der Waals surface area contributed by atoms with Gasteiger partial charge in [-0.05, 0) is 36.4 Å². The second-order valence-electron chi connectivity index (χ2n) is 4.43. The maximum atomic E-state index is 12.0. The molecule has 10 heteroatoms. The molecule has 0 aliphatic carbocycles. The first-order chi connectivity index (χ1) is 11.2. The Balaban J connectivity index is 2.09. The van der Waals surface area contributed by atoms with Crippen LogP contribution in [0, 0.1) is 0 Å². The van der Waals surface area contributed by atoms with Crippen molar-refractivity contribution in [2.75, 3.05) is 0 Å². The van der Waals surface area contributed by atoms with Gasteiger partial charge < -0.3 is 9.84 Å². The van der Waals surface area contributed by atoms with E-state index >= 15 is 0 Å². The fourth-order valence-electron chi connectivity index (χ4n) is 1.64. The zero-order chi connectivity index (χ0) is 17.8. The van der Waals surface area contributed by atoms with E-state index in [1.54, 1.807) is 12.1 Å². The van der Waals surface area contributed by atoms with E-state index in [1.165, 1.54) is 12.1 Å². The van der Waals surface area contributed by atoms with Crippen molar-refractivity contribution in [2.24, 2.45) is 5.10 Å². The van der Waals surface area contributed by atoms with Gasteiger partial charge >= 0.3 is 6.36 Å². The maximum absolute atomic E-state index is 12.0. The Bertz CT molecular complexity index is 834. The first-order valence-corrected chi connectivity index (χ1v) is 7.84. The molecule has 0 aliphatic heterocycles. The Hall–Kier alpha value is -2.75. The zero-order valence-electron chi connectivity index (χ0n) is 11.9. The minimum absolute atomic E-state index is 0.0888. The van der Waals surface area contributed by atoms with Crippen LogP contribution in [0.25, 0.3) is 0 Å². The van der Waals surface area contributed by atoms with Crippen LogP contribution in [0.15, 0.2) is 58.5 Å². The summed E-state index contributed by atoms with van der Waals surface area (Å²) in [6, 6.07) is 9.74. The number of para-hydroxylation sites is 1. The highest BCUT2D eigenvalue weighted by molar-refractivity contribution is 7.89. The topological polar surface area (TPSA) is 88.0 Å². The van der Waals surface area contributed by atoms with Gasteiger partial charge in [-0.25, -0.2) is 4.83 Å². The minimum atomic E-state index is -4.86. The lowest BCUT2D eigenvalue weighted by Gasteiger charge is -2.09. The Morgan fingerprint density at radius 2 is 1.71 bits per heavy atom. The van der Waals surface area contributed by atoms with Crippen molar-refractivity contribution in [3.8, 4) is 11.5 Å². The normalized spacial score (nSPS) is 12.3. The van der Waals surface area contributed by atoms with Crippen LogP contribution in [-0.2, 0) is 10.0 Å². The van der Waals surface area contributed by atoms with Crippen LogP contribution in [0.2, 0.25) is 0 Å². The molecule has 0 radical (unpaired) electrons. The molecule has 0 unspecified atom stereocenters. The van der Waals surface area contributed by atoms with Gasteiger partial charge in [0.15, 0.2) is 0 Å². The molecule has 24 heavy (non-hydrogen) atoms. The molecular weight excluding hydrogens is 349 g/mol. The van der Waals surface area contributed by atoms with Crippen molar-refractivity contribution >= 4 is 16.2 Å². The molecule has 0 saturated carbocycles. The summed E-state index contributed by atoms with van der Waals surface area (Å²) in [6.07, 6.45) is -3.77. The van der Waals surface area contributed by atoms with Gasteiger partial charge in [0.1, 0.15) is 11.5 Å². The molecular formula is C14H11F3N2O4S. The number of ether oxygens (including phenoxy) is 1. The number of benzene rings is 2. The number of halogens is 3. The molecule has 128 valence electrons. The lowest BCUT2D eigenvalue weighted by Crippen LogP contribution is -2.19. The van der Waals surface area contributed by atoms with E-state index in [-0.39, 0.29) is 16.2 Å². The van der Waals surface area contributed by atoms with Crippen molar-refractivity contribution < 1.29 is 31.4 Å². The van der Waals surface area contributed by atoms with Crippen LogP contribution in [0.1, 0.15) is 5.56 Å². The van der Waals surface area contributed by atoms with Crippen LogP contribution in [0.5, 0.6) is 11.5 Å². The van der Waals surface area contributed by atoms with Crippen LogP contribution in [0.3, 0.4) is 0 Å². The average molecular weight is 360 g/mol. The molecule has 0 bridgehead atoms. The van der Waals surface area contributed by atoms with Gasteiger partial charge in [-0.1, -0.05) is 12.1 Å². The van der Waals surface area contributed by atoms with E-state index in [4.69, 9.17) is 0 Å². The summed E-state index contributed by atoms with van der Waals surface area (Å²) >= 11 is 0. The minimum Gasteiger partial charge on any atom is -0.507 e. The van der Waals surface area contributed by atoms with Gasteiger partial charge in [-0.15, -0.1) is 13.2 Å². The van der Waals surface area contributed by atoms with E-state index < -0.39 is 22.1 Å². The van der Waals surface area contributed by atoms with E-state index in [0.29, 0.717) is 0 Å². The summed E-state index contributed by atoms with van der Waals surface area (Å²) in [5.74, 6) is -0.631. The predicted molar refractivity (Wildman–Crippen MR) is 79.1 cm³/mol. The number of sulfonamides is 1. The highest BCUT2D eigenvalue weighted by Crippen LogP contribution is 2.23. The second kappa shape index (κ2) is 6.79. The molecule has 0 amide bonds. The molecule has 6 nitrogen and oxygen atoms in total. The Kier molecular flexibility index (Phi) is 4.98. The van der Waals surface area contributed by atoms with Crippen LogP contribution >= 0.6 is 0 Å². The quantitative estimate of drug-likeness (QED) is 0.634. The molecule has 0 aliphatic rings. The number of hydrogen-bond acceptors (Lipinski definition) is 5. The number of nitrogens with one attached hydrogen (secondary N) is 1. The van der Waals surface area contributed by atoms with E-state index in [2.05, 4.69) is 9.84 Å². The molecule has 2 rings (SSSR count). The van der Waals surface area contributed by atoms with Gasteiger partial charge in [0.25, 0.3) is 10.0 Å². The second-order valence-corrected chi connectivity index (χ2v) is 6.09. The van der Waals surface area contributed by atoms with Crippen molar-refractivity contribution in [3.05, 3.63) is 54.1 Å². The fourth-order valence-corrected chi connectivity index (χ4v) is 2.43. The number of hydrogen-bond donors (Lipinski definition) is 2. The van der Waals surface area contributed by atoms with Gasteiger partial charge in [-0.2, -0.15) is 13.5 Å². The summed E-state index contributed by atoms with van der Waals surface area (Å²) in [4.78, 5) is 1.59. The highest BCUT2D eigenvalue weighted by atomic mass is 32.2. The largest absolute Gasteiger partial charge is 0.573 e. The molecule has 2 N–H and O–H groups in total. The zero-order valence-corrected chi connectivity index (χ0v) is 12.7. The van der Waals surface area contributed by atoms with Gasteiger partial charge in [0.2, 0.25) is 0 Å². The molecule has 0 saturated heterocycles. The van der Waals surface area contributed by atoms with Crippen LogP contribution in [-0.4, -0.2) is 26.1 Å². The SMILES string of the molecule is O=S(=O)(N/N=C/c1ccccc1O)c1ccc(OC(F)(F)F)cc1. The fraction of sp³-hybridized carbons (Fsp3) is 0.0714. The lowest BCUT2D eigenvalue weighted by molar-refractivity contribution is -0.274. The van der Waals surface area contributed by atoms with E-state index in [1.807, 2.05) is 4.83 Å². The number of nitrogens with zero attached hydrogens (tertiary/aromatic N) is 1. The Morgan fingerprint density at radius 3 is 2.29 bits per heavy atom. The lowest BCUT2D eigenvalue weighted by atomic mass is 10.2. The van der Waals surface area contributed by atoms with Crippen molar-refractivity contribution in [1.29, 1.82) is 0 Å². The predicted octanol–water partition coefficient (Wildman–Crippen LogP) is 2.60. The molecule has 0 spiro atoms. The first kappa shape index (κ1) is 17.6. The molecule has 2 aromatic carbocycles. The smallest absolute Gasteiger partial charge is 0.507 e. The molecule has 0 atom stereocenters. The van der Waals surface area contributed by atoms with Gasteiger partial charge in [-0.3, -0.25) is 0 Å². The Morgan fingerprint density at radius 1 is 1.08 bits per heavy atom. The van der Waals surface area contributed by atoms with Crippen molar-refractivity contribution in [2.45, 2.75) is 11.3 Å². The third-order valence-corrected chi connectivity index (χ3v) is 3.92. The van der Waals surface area contributed by atoms with Gasteiger partial charge in [0.05, 0.1) is 11.1 Å². The number of hydrazone groups is 1. The summed E-state index contributed by atoms with van der Waals surface area (Å²) in [7, 11) is -4.07. The van der Waals surface area contributed by atoms with E-state index in [9.17, 15) is 26.7 Å². The van der Waals surface area contributed by atoms with Gasteiger partial charge in [0, 0.05) is 5.56 Å². The maximum Gasteiger partial charge on any atom is 0.573 e. The summed E-state index contributed by atoms with van der Waals surface area (Å²) in [5, 5.41) is 13.0. The van der Waals surface area contributed by atoms with E-state index in [0.717, 1.165) is 30.5 Å². The Labute approximate surface area is 135 Å². The molecule has 0 heterocycles. The third kappa shape index (κ3) is 4.88. The third-order valence-electron chi connectivity index (χ3n) is 2.68. The number of phenols is 1. The van der Waals surface area contributed by atoms with Crippen molar-refractivity contribution in [1.82, 2.24) is 4.83 Å². The van der Waals surface area contributed by atoms with Crippen LogP contribution in [0.4, 0.5) is 13.2 Å². The monoisotopic (exact) mass is 360 g/mol. The first-order valence-electron chi connectivity index (χ1n) is 6.36. The number of aromatic hydroxyl groups is 1. The number of rotatable bonds is 5. The summed E-state index contributed by atoms with van der Waals surface area (Å²) in [5.41, 5.74) is 0.286.